The van der Waals surface area contributed by atoms with E-state index in [1.54, 1.807) is 19.1 Å². The summed E-state index contributed by atoms with van der Waals surface area (Å²) in [6.07, 6.45) is 3.16. The van der Waals surface area contributed by atoms with Crippen LogP contribution in [0.1, 0.15) is 50.3 Å². The lowest BCUT2D eigenvalue weighted by Gasteiger charge is -2.33. The first-order valence-corrected chi connectivity index (χ1v) is 7.50. The van der Waals surface area contributed by atoms with Crippen molar-refractivity contribution in [2.24, 2.45) is 5.41 Å². The zero-order chi connectivity index (χ0) is 15.6. The fourth-order valence-electron chi connectivity index (χ4n) is 3.41. The van der Waals surface area contributed by atoms with Gasteiger partial charge in [-0.15, -0.1) is 0 Å². The van der Waals surface area contributed by atoms with Gasteiger partial charge in [0.1, 0.15) is 0 Å². The minimum absolute atomic E-state index is 0.0267. The maximum atomic E-state index is 11.0. The van der Waals surface area contributed by atoms with E-state index in [0.717, 1.165) is 24.8 Å². The van der Waals surface area contributed by atoms with Crippen molar-refractivity contribution in [3.63, 3.8) is 0 Å². The van der Waals surface area contributed by atoms with Crippen LogP contribution in [0.2, 0.25) is 0 Å². The zero-order valence-electron chi connectivity index (χ0n) is 12.9. The molecule has 5 heteroatoms. The second-order valence-electron chi connectivity index (χ2n) is 6.39. The van der Waals surface area contributed by atoms with Crippen molar-refractivity contribution in [2.45, 2.75) is 52.1 Å². The predicted molar refractivity (Wildman–Crippen MR) is 82.2 cm³/mol. The molecule has 116 valence electrons. The van der Waals surface area contributed by atoms with E-state index in [-0.39, 0.29) is 34.7 Å². The Kier molecular flexibility index (Phi) is 4.64. The number of nitro groups is 1. The molecule has 3 atom stereocenters. The van der Waals surface area contributed by atoms with Crippen molar-refractivity contribution in [2.75, 3.05) is 6.61 Å². The van der Waals surface area contributed by atoms with Gasteiger partial charge in [0.2, 0.25) is 0 Å². The van der Waals surface area contributed by atoms with Gasteiger partial charge in [0.25, 0.3) is 5.69 Å². The Bertz CT molecular complexity index is 532. The Morgan fingerprint density at radius 3 is 2.90 bits per heavy atom. The Hall–Kier alpha value is -1.46. The van der Waals surface area contributed by atoms with E-state index in [1.165, 1.54) is 0 Å². The largest absolute Gasteiger partial charge is 0.396 e. The van der Waals surface area contributed by atoms with E-state index in [2.05, 4.69) is 12.2 Å². The standard InChI is InChI=1S/C16H24N2O3/c1-11-13(6-4-7-14(11)18(20)21)12(2)17-15-8-5-9-16(15,3)10-19/h4,6-7,12,15,17,19H,5,8-10H2,1-3H3. The van der Waals surface area contributed by atoms with Crippen molar-refractivity contribution in [3.8, 4) is 0 Å². The van der Waals surface area contributed by atoms with Crippen LogP contribution in [0.5, 0.6) is 0 Å². The molecule has 1 aliphatic carbocycles. The molecule has 2 N–H and O–H groups in total. The van der Waals surface area contributed by atoms with Crippen LogP contribution in [0.3, 0.4) is 0 Å². The number of rotatable bonds is 5. The lowest BCUT2D eigenvalue weighted by molar-refractivity contribution is -0.385. The molecule has 21 heavy (non-hydrogen) atoms. The molecular formula is C16H24N2O3. The average Bonchev–Trinajstić information content (AvgIpc) is 2.80. The second-order valence-corrected chi connectivity index (χ2v) is 6.39. The minimum atomic E-state index is -0.334. The molecule has 0 aliphatic heterocycles. The summed E-state index contributed by atoms with van der Waals surface area (Å²) < 4.78 is 0. The number of aliphatic hydroxyl groups is 1. The molecular weight excluding hydrogens is 268 g/mol. The molecule has 1 aromatic carbocycles. The van der Waals surface area contributed by atoms with Crippen LogP contribution in [0.15, 0.2) is 18.2 Å². The van der Waals surface area contributed by atoms with Crippen LogP contribution in [0.4, 0.5) is 5.69 Å². The van der Waals surface area contributed by atoms with Crippen molar-refractivity contribution < 1.29 is 10.0 Å². The lowest BCUT2D eigenvalue weighted by Crippen LogP contribution is -2.43. The molecule has 2 rings (SSSR count). The molecule has 0 spiro atoms. The van der Waals surface area contributed by atoms with Crippen molar-refractivity contribution in [1.29, 1.82) is 0 Å². The van der Waals surface area contributed by atoms with Crippen LogP contribution in [-0.2, 0) is 0 Å². The summed E-state index contributed by atoms with van der Waals surface area (Å²) in [5, 5.41) is 24.2. The molecule has 3 unspecified atom stereocenters. The third-order valence-corrected chi connectivity index (χ3v) is 4.90. The van der Waals surface area contributed by atoms with E-state index in [9.17, 15) is 15.2 Å². The molecule has 0 amide bonds. The van der Waals surface area contributed by atoms with Gasteiger partial charge in [0.05, 0.1) is 4.92 Å². The molecule has 0 radical (unpaired) electrons. The molecule has 1 fully saturated rings. The van der Waals surface area contributed by atoms with Crippen LogP contribution < -0.4 is 5.32 Å². The highest BCUT2D eigenvalue weighted by molar-refractivity contribution is 5.45. The normalized spacial score (nSPS) is 26.8. The predicted octanol–water partition coefficient (Wildman–Crippen LogP) is 3.10. The minimum Gasteiger partial charge on any atom is -0.396 e. The number of hydrogen-bond donors (Lipinski definition) is 2. The number of nitro benzene ring substituents is 1. The van der Waals surface area contributed by atoms with Gasteiger partial charge in [0, 0.05) is 35.7 Å². The molecule has 0 bridgehead atoms. The van der Waals surface area contributed by atoms with Crippen LogP contribution in [-0.4, -0.2) is 22.7 Å². The maximum absolute atomic E-state index is 11.0. The number of nitrogens with zero attached hydrogens (tertiary/aromatic N) is 1. The van der Waals surface area contributed by atoms with E-state index in [1.807, 2.05) is 13.0 Å². The van der Waals surface area contributed by atoms with E-state index < -0.39 is 0 Å². The van der Waals surface area contributed by atoms with E-state index in [0.29, 0.717) is 5.56 Å². The van der Waals surface area contributed by atoms with Crippen molar-refractivity contribution >= 4 is 5.69 Å². The highest BCUT2D eigenvalue weighted by atomic mass is 16.6. The number of benzene rings is 1. The van der Waals surface area contributed by atoms with Gasteiger partial charge in [-0.25, -0.2) is 0 Å². The molecule has 1 saturated carbocycles. The van der Waals surface area contributed by atoms with Crippen molar-refractivity contribution in [1.82, 2.24) is 5.32 Å². The van der Waals surface area contributed by atoms with Crippen molar-refractivity contribution in [3.05, 3.63) is 39.4 Å². The summed E-state index contributed by atoms with van der Waals surface area (Å²) in [6.45, 7) is 6.10. The third-order valence-electron chi connectivity index (χ3n) is 4.90. The maximum Gasteiger partial charge on any atom is 0.272 e. The van der Waals surface area contributed by atoms with Gasteiger partial charge in [-0.3, -0.25) is 10.1 Å². The summed E-state index contributed by atoms with van der Waals surface area (Å²) in [5.74, 6) is 0. The lowest BCUT2D eigenvalue weighted by atomic mass is 9.85. The van der Waals surface area contributed by atoms with E-state index in [4.69, 9.17) is 0 Å². The molecule has 1 aliphatic rings. The first-order valence-electron chi connectivity index (χ1n) is 7.50. The van der Waals surface area contributed by atoms with E-state index >= 15 is 0 Å². The fraction of sp³-hybridized carbons (Fsp3) is 0.625. The number of aliphatic hydroxyl groups excluding tert-OH is 1. The monoisotopic (exact) mass is 292 g/mol. The highest BCUT2D eigenvalue weighted by Gasteiger charge is 2.38. The fourth-order valence-corrected chi connectivity index (χ4v) is 3.41. The van der Waals surface area contributed by atoms with Gasteiger partial charge in [-0.2, -0.15) is 0 Å². The first-order chi connectivity index (χ1) is 9.89. The zero-order valence-corrected chi connectivity index (χ0v) is 12.9. The van der Waals surface area contributed by atoms with Crippen LogP contribution in [0.25, 0.3) is 0 Å². The van der Waals surface area contributed by atoms with Gasteiger partial charge in [-0.05, 0) is 32.3 Å². The highest BCUT2D eigenvalue weighted by Crippen LogP contribution is 2.39. The van der Waals surface area contributed by atoms with Gasteiger partial charge in [0.15, 0.2) is 0 Å². The summed E-state index contributed by atoms with van der Waals surface area (Å²) in [5.41, 5.74) is 1.74. The molecule has 5 nitrogen and oxygen atoms in total. The first kappa shape index (κ1) is 15.9. The Balaban J connectivity index is 2.19. The van der Waals surface area contributed by atoms with Gasteiger partial charge < -0.3 is 10.4 Å². The Morgan fingerprint density at radius 1 is 1.57 bits per heavy atom. The smallest absolute Gasteiger partial charge is 0.272 e. The van der Waals surface area contributed by atoms with Crippen LogP contribution >= 0.6 is 0 Å². The van der Waals surface area contributed by atoms with Gasteiger partial charge in [-0.1, -0.05) is 25.5 Å². The summed E-state index contributed by atoms with van der Waals surface area (Å²) in [4.78, 5) is 10.7. The molecule has 0 aromatic heterocycles. The third kappa shape index (κ3) is 3.09. The summed E-state index contributed by atoms with van der Waals surface area (Å²) in [6, 6.07) is 5.48. The van der Waals surface area contributed by atoms with Crippen LogP contribution in [0, 0.1) is 22.5 Å². The quantitative estimate of drug-likeness (QED) is 0.646. The number of hydrogen-bond acceptors (Lipinski definition) is 4. The topological polar surface area (TPSA) is 75.4 Å². The average molecular weight is 292 g/mol. The molecule has 0 saturated heterocycles. The Labute approximate surface area is 125 Å². The molecule has 1 aromatic rings. The van der Waals surface area contributed by atoms with Gasteiger partial charge >= 0.3 is 0 Å². The number of nitrogens with one attached hydrogen (secondary N) is 1. The molecule has 0 heterocycles. The summed E-state index contributed by atoms with van der Waals surface area (Å²) in [7, 11) is 0. The second kappa shape index (κ2) is 6.12. The summed E-state index contributed by atoms with van der Waals surface area (Å²) >= 11 is 0. The Morgan fingerprint density at radius 2 is 2.29 bits per heavy atom. The SMILES string of the molecule is Cc1c(C(C)NC2CCCC2(C)CO)cccc1[N+](=O)[O-].